The molecule has 0 amide bonds. The van der Waals surface area contributed by atoms with E-state index in [1.165, 1.54) is 33.4 Å². The Morgan fingerprint density at radius 1 is 0.711 bits per heavy atom. The third kappa shape index (κ3) is 5.47. The monoisotopic (exact) mass is 627 g/mol. The fraction of sp³-hybridized carbons (Fsp3) is 0.147. The second-order valence-electron chi connectivity index (χ2n) is 10.8. The molecule has 4 aromatic carbocycles. The van der Waals surface area contributed by atoms with Gasteiger partial charge in [0.05, 0.1) is 0 Å². The van der Waals surface area contributed by atoms with Crippen LogP contribution in [0.2, 0.25) is 19.6 Å². The summed E-state index contributed by atoms with van der Waals surface area (Å²) in [5.41, 5.74) is 11.9. The zero-order valence-corrected chi connectivity index (χ0v) is 27.0. The van der Waals surface area contributed by atoms with Crippen molar-refractivity contribution in [2.45, 2.75) is 29.7 Å². The molecule has 0 radical (unpaired) electrons. The average Bonchev–Trinajstić information content (AvgIpc) is 3.54. The molecule has 2 aliphatic rings. The minimum atomic E-state index is -1.48. The summed E-state index contributed by atoms with van der Waals surface area (Å²) >= 11 is -1.11. The molecule has 0 bridgehead atoms. The maximum Gasteiger partial charge on any atom is -1.00 e. The van der Waals surface area contributed by atoms with Gasteiger partial charge in [0, 0.05) is 0 Å². The SMILES string of the molecule is C[Si](C)(C)c1cc(C2=CC=CC2)c2c(c1)-c1ccccc1[CH]2[Zr+2]=[C](c1ccccc1)c1ccccc1.[Cl-].[Cl-]. The number of hydrogen-bond acceptors (Lipinski definition) is 0. The minimum absolute atomic E-state index is 0. The Labute approximate surface area is 251 Å². The van der Waals surface area contributed by atoms with Crippen molar-refractivity contribution in [2.24, 2.45) is 0 Å². The molecule has 4 aromatic rings. The van der Waals surface area contributed by atoms with Gasteiger partial charge in [-0.25, -0.2) is 0 Å². The molecule has 0 saturated heterocycles. The Kier molecular flexibility index (Phi) is 9.11. The molecule has 0 nitrogen and oxygen atoms in total. The zero-order chi connectivity index (χ0) is 24.7. The molecule has 0 spiro atoms. The predicted octanol–water partition coefficient (Wildman–Crippen LogP) is 2.00. The maximum atomic E-state index is 2.58. The summed E-state index contributed by atoms with van der Waals surface area (Å²) in [5.74, 6) is 0. The summed E-state index contributed by atoms with van der Waals surface area (Å²) in [6.07, 6.45) is 7.95. The molecule has 1 unspecified atom stereocenters. The molecule has 0 aliphatic heterocycles. The number of hydrogen-bond donors (Lipinski definition) is 0. The first-order valence-electron chi connectivity index (χ1n) is 12.9. The van der Waals surface area contributed by atoms with Crippen molar-refractivity contribution >= 4 is 22.0 Å². The van der Waals surface area contributed by atoms with E-state index in [4.69, 9.17) is 0 Å². The summed E-state index contributed by atoms with van der Waals surface area (Å²) < 4.78 is 2.09. The van der Waals surface area contributed by atoms with Crippen LogP contribution in [-0.2, 0) is 22.8 Å². The van der Waals surface area contributed by atoms with Crippen molar-refractivity contribution in [1.29, 1.82) is 0 Å². The Morgan fingerprint density at radius 2 is 1.29 bits per heavy atom. The van der Waals surface area contributed by atoms with E-state index in [1.807, 2.05) is 0 Å². The van der Waals surface area contributed by atoms with E-state index in [1.54, 1.807) is 19.5 Å². The molecule has 4 heteroatoms. The number of allylic oxidation sites excluding steroid dienone is 4. The normalized spacial score (nSPS) is 14.9. The van der Waals surface area contributed by atoms with Gasteiger partial charge in [0.25, 0.3) is 0 Å². The summed E-state index contributed by atoms with van der Waals surface area (Å²) in [6.45, 7) is 7.43. The van der Waals surface area contributed by atoms with E-state index >= 15 is 0 Å². The summed E-state index contributed by atoms with van der Waals surface area (Å²) in [7, 11) is -1.48. The first kappa shape index (κ1) is 28.9. The smallest absolute Gasteiger partial charge is 1.00 e. The Hall–Kier alpha value is -2.09. The maximum absolute atomic E-state index is 2.58. The Bertz CT molecular complexity index is 1490. The first-order chi connectivity index (χ1) is 17.5. The molecule has 1 atom stereocenters. The van der Waals surface area contributed by atoms with Crippen LogP contribution in [0.5, 0.6) is 0 Å². The molecule has 2 aliphatic carbocycles. The van der Waals surface area contributed by atoms with E-state index in [9.17, 15) is 0 Å². The van der Waals surface area contributed by atoms with Crippen LogP contribution in [0.25, 0.3) is 16.7 Å². The Morgan fingerprint density at radius 3 is 1.87 bits per heavy atom. The van der Waals surface area contributed by atoms with Gasteiger partial charge >= 0.3 is 229 Å². The van der Waals surface area contributed by atoms with Gasteiger partial charge in [-0.1, -0.05) is 0 Å². The molecule has 6 rings (SSSR count). The molecule has 0 fully saturated rings. The molecule has 0 N–H and O–H groups in total. The summed E-state index contributed by atoms with van der Waals surface area (Å²) in [4.78, 5) is 0. The van der Waals surface area contributed by atoms with Crippen LogP contribution in [0.4, 0.5) is 0 Å². The fourth-order valence-electron chi connectivity index (χ4n) is 5.52. The number of benzene rings is 4. The van der Waals surface area contributed by atoms with Crippen molar-refractivity contribution in [2.75, 3.05) is 0 Å². The van der Waals surface area contributed by atoms with Crippen LogP contribution in [0.3, 0.4) is 0 Å². The van der Waals surface area contributed by atoms with E-state index in [0.717, 1.165) is 6.42 Å². The topological polar surface area (TPSA) is 0 Å². The number of halogens is 2. The van der Waals surface area contributed by atoms with Crippen LogP contribution in [0, 0.1) is 0 Å². The summed E-state index contributed by atoms with van der Waals surface area (Å²) in [5, 5.41) is 1.57. The molecular formula is C34H31Cl2SiZr. The van der Waals surface area contributed by atoms with Gasteiger partial charge in [0.2, 0.25) is 0 Å². The molecule has 0 saturated carbocycles. The quantitative estimate of drug-likeness (QED) is 0.297. The van der Waals surface area contributed by atoms with Gasteiger partial charge in [0.15, 0.2) is 0 Å². The fourth-order valence-corrected chi connectivity index (χ4v) is 11.1. The zero-order valence-electron chi connectivity index (χ0n) is 22.0. The van der Waals surface area contributed by atoms with Crippen LogP contribution >= 0.6 is 0 Å². The molecule has 189 valence electrons. The third-order valence-corrected chi connectivity index (χ3v) is 13.8. The second-order valence-corrected chi connectivity index (χ2v) is 19.3. The van der Waals surface area contributed by atoms with Crippen molar-refractivity contribution < 1.29 is 47.6 Å². The van der Waals surface area contributed by atoms with Crippen molar-refractivity contribution in [1.82, 2.24) is 0 Å². The first-order valence-corrected chi connectivity index (χ1v) is 19.0. The number of fused-ring (bicyclic) bond motifs is 3. The van der Waals surface area contributed by atoms with Gasteiger partial charge in [-0.05, 0) is 0 Å². The largest absolute Gasteiger partial charge is 1.00 e. The minimum Gasteiger partial charge on any atom is -1.00 e. The summed E-state index contributed by atoms with van der Waals surface area (Å²) in [6, 6.07) is 36.7. The standard InChI is InChI=1S/C21H21Si.C13H10.2ClH.Zr/c1-22(2,3)17-13-19(15-8-4-5-9-15)20-12-16-10-6-7-11-18(16)21(20)14-17;1-3-7-12(8-4-1)11-13-9-5-2-6-10-13;;;/h4-8,10-14H,9H2,1-3H3;1-10H;2*1H;/q;;;;+2/p-2. The van der Waals surface area contributed by atoms with Crippen molar-refractivity contribution in [3.05, 3.63) is 143 Å². The van der Waals surface area contributed by atoms with Gasteiger partial charge < -0.3 is 24.8 Å². The van der Waals surface area contributed by atoms with E-state index in [-0.39, 0.29) is 24.8 Å². The molecule has 38 heavy (non-hydrogen) atoms. The Balaban J connectivity index is 0.00000168. The van der Waals surface area contributed by atoms with E-state index < -0.39 is 30.8 Å². The van der Waals surface area contributed by atoms with Crippen LogP contribution < -0.4 is 30.0 Å². The number of rotatable bonds is 5. The second kappa shape index (κ2) is 12.0. The average molecular weight is 630 g/mol. The van der Waals surface area contributed by atoms with Crippen molar-refractivity contribution in [3.63, 3.8) is 0 Å². The molecule has 0 aromatic heterocycles. The van der Waals surface area contributed by atoms with E-state index in [0.29, 0.717) is 3.63 Å². The molecule has 0 heterocycles. The van der Waals surface area contributed by atoms with Gasteiger partial charge in [0.1, 0.15) is 0 Å². The van der Waals surface area contributed by atoms with E-state index in [2.05, 4.69) is 135 Å². The van der Waals surface area contributed by atoms with Crippen LogP contribution in [0.15, 0.2) is 115 Å². The van der Waals surface area contributed by atoms with Crippen LogP contribution in [-0.4, -0.2) is 11.3 Å². The van der Waals surface area contributed by atoms with Gasteiger partial charge in [-0.2, -0.15) is 0 Å². The predicted molar refractivity (Wildman–Crippen MR) is 155 cm³/mol. The molecular weight excluding hydrogens is 599 g/mol. The van der Waals surface area contributed by atoms with Gasteiger partial charge in [-0.3, -0.25) is 0 Å². The van der Waals surface area contributed by atoms with Gasteiger partial charge in [-0.15, -0.1) is 0 Å². The van der Waals surface area contributed by atoms with Crippen molar-refractivity contribution in [3.8, 4) is 11.1 Å². The third-order valence-electron chi connectivity index (χ3n) is 7.43. The van der Waals surface area contributed by atoms with Crippen LogP contribution in [0.1, 0.15) is 37.9 Å².